The van der Waals surface area contributed by atoms with Crippen molar-refractivity contribution in [1.29, 1.82) is 0 Å². The van der Waals surface area contributed by atoms with Gasteiger partial charge in [-0.05, 0) is 24.8 Å². The number of carbonyl (C=O) groups is 1. The molecule has 1 aromatic heterocycles. The van der Waals surface area contributed by atoms with E-state index in [1.165, 1.54) is 0 Å². The third kappa shape index (κ3) is 2.75. The van der Waals surface area contributed by atoms with Gasteiger partial charge in [-0.15, -0.1) is 0 Å². The number of ether oxygens (including phenoxy) is 1. The van der Waals surface area contributed by atoms with E-state index < -0.39 is 0 Å². The largest absolute Gasteiger partial charge is 0.381 e. The Bertz CT molecular complexity index is 581. The summed E-state index contributed by atoms with van der Waals surface area (Å²) < 4.78 is 7.44. The number of amides is 1. The van der Waals surface area contributed by atoms with Gasteiger partial charge >= 0.3 is 0 Å². The number of nitrogens with zero attached hydrogens (tertiary/aromatic N) is 2. The minimum Gasteiger partial charge on any atom is -0.381 e. The van der Waals surface area contributed by atoms with E-state index in [-0.39, 0.29) is 35.3 Å². The zero-order valence-electron chi connectivity index (χ0n) is 15.2. The summed E-state index contributed by atoms with van der Waals surface area (Å²) in [7, 11) is 3.69. The van der Waals surface area contributed by atoms with Gasteiger partial charge in [-0.25, -0.2) is 0 Å². The molecule has 6 nitrogen and oxygen atoms in total. The molecule has 24 heavy (non-hydrogen) atoms. The van der Waals surface area contributed by atoms with Crippen molar-refractivity contribution < 1.29 is 9.53 Å². The SMILES string of the molecule is CCC1(CC)C(NC(=O)[C@H]2CNC[C@@H]2c2cnn(C)c2)CC1OC. The molecular formula is C18H30N4O2. The molecule has 0 aromatic carbocycles. The predicted octanol–water partition coefficient (Wildman–Crippen LogP) is 1.43. The minimum absolute atomic E-state index is 0.0257. The maximum atomic E-state index is 12.9. The first-order valence-electron chi connectivity index (χ1n) is 9.08. The number of aromatic nitrogens is 2. The summed E-state index contributed by atoms with van der Waals surface area (Å²) in [6.45, 7) is 5.96. The second-order valence-corrected chi connectivity index (χ2v) is 7.28. The molecule has 2 aliphatic rings. The number of hydrogen-bond donors (Lipinski definition) is 2. The van der Waals surface area contributed by atoms with Crippen molar-refractivity contribution in [2.45, 2.75) is 51.2 Å². The van der Waals surface area contributed by atoms with Crippen LogP contribution in [0, 0.1) is 11.3 Å². The molecule has 2 fully saturated rings. The summed E-state index contributed by atoms with van der Waals surface area (Å²) in [5.74, 6) is 0.344. The molecule has 3 rings (SSSR count). The van der Waals surface area contributed by atoms with Crippen LogP contribution in [0.25, 0.3) is 0 Å². The van der Waals surface area contributed by atoms with E-state index in [4.69, 9.17) is 4.74 Å². The maximum Gasteiger partial charge on any atom is 0.225 e. The van der Waals surface area contributed by atoms with Crippen molar-refractivity contribution in [3.63, 3.8) is 0 Å². The lowest BCUT2D eigenvalue weighted by Crippen LogP contribution is -2.64. The van der Waals surface area contributed by atoms with Crippen molar-refractivity contribution in [3.8, 4) is 0 Å². The zero-order valence-corrected chi connectivity index (χ0v) is 15.2. The van der Waals surface area contributed by atoms with E-state index in [0.29, 0.717) is 0 Å². The average molecular weight is 334 g/mol. The number of aryl methyl sites for hydroxylation is 1. The molecule has 0 radical (unpaired) electrons. The first-order chi connectivity index (χ1) is 11.6. The molecule has 1 amide bonds. The Kier molecular flexibility index (Phi) is 4.97. The Balaban J connectivity index is 1.68. The maximum absolute atomic E-state index is 12.9. The van der Waals surface area contributed by atoms with Crippen molar-refractivity contribution in [2.75, 3.05) is 20.2 Å². The molecule has 1 aromatic rings. The highest BCUT2D eigenvalue weighted by Gasteiger charge is 2.54. The van der Waals surface area contributed by atoms with Gasteiger partial charge < -0.3 is 15.4 Å². The van der Waals surface area contributed by atoms with Crippen LogP contribution in [-0.2, 0) is 16.6 Å². The van der Waals surface area contributed by atoms with E-state index in [1.807, 2.05) is 19.4 Å². The third-order valence-corrected chi connectivity index (χ3v) is 6.41. The van der Waals surface area contributed by atoms with Crippen LogP contribution in [0.4, 0.5) is 0 Å². The second-order valence-electron chi connectivity index (χ2n) is 7.28. The summed E-state index contributed by atoms with van der Waals surface area (Å²) in [5.41, 5.74) is 1.23. The molecule has 1 aliphatic carbocycles. The van der Waals surface area contributed by atoms with E-state index in [1.54, 1.807) is 11.8 Å². The van der Waals surface area contributed by atoms with Crippen molar-refractivity contribution in [2.24, 2.45) is 18.4 Å². The number of carbonyl (C=O) groups excluding carboxylic acids is 1. The molecule has 1 saturated carbocycles. The van der Waals surface area contributed by atoms with E-state index >= 15 is 0 Å². The van der Waals surface area contributed by atoms with Gasteiger partial charge in [0.15, 0.2) is 0 Å². The quantitative estimate of drug-likeness (QED) is 0.826. The van der Waals surface area contributed by atoms with E-state index in [2.05, 4.69) is 29.6 Å². The molecule has 6 heteroatoms. The van der Waals surface area contributed by atoms with Crippen LogP contribution >= 0.6 is 0 Å². The van der Waals surface area contributed by atoms with Gasteiger partial charge in [0.2, 0.25) is 5.91 Å². The average Bonchev–Trinajstić information content (AvgIpc) is 3.20. The lowest BCUT2D eigenvalue weighted by Gasteiger charge is -2.55. The molecule has 1 saturated heterocycles. The fourth-order valence-electron chi connectivity index (χ4n) is 4.69. The number of rotatable bonds is 6. The summed E-state index contributed by atoms with van der Waals surface area (Å²) >= 11 is 0. The number of hydrogen-bond acceptors (Lipinski definition) is 4. The first kappa shape index (κ1) is 17.4. The number of methoxy groups -OCH3 is 1. The Hall–Kier alpha value is -1.40. The molecule has 0 spiro atoms. The van der Waals surface area contributed by atoms with Crippen LogP contribution in [0.3, 0.4) is 0 Å². The highest BCUT2D eigenvalue weighted by Crippen LogP contribution is 2.48. The van der Waals surface area contributed by atoms with Crippen LogP contribution in [0.15, 0.2) is 12.4 Å². The summed E-state index contributed by atoms with van der Waals surface area (Å²) in [4.78, 5) is 12.9. The van der Waals surface area contributed by atoms with Crippen LogP contribution in [0.1, 0.15) is 44.6 Å². The van der Waals surface area contributed by atoms with Crippen LogP contribution in [-0.4, -0.2) is 48.0 Å². The summed E-state index contributed by atoms with van der Waals surface area (Å²) in [6, 6.07) is 0.222. The van der Waals surface area contributed by atoms with Gasteiger partial charge in [0.25, 0.3) is 0 Å². The smallest absolute Gasteiger partial charge is 0.225 e. The monoisotopic (exact) mass is 334 g/mol. The van der Waals surface area contributed by atoms with E-state index in [0.717, 1.165) is 37.9 Å². The lowest BCUT2D eigenvalue weighted by molar-refractivity contribution is -0.143. The predicted molar refractivity (Wildman–Crippen MR) is 92.7 cm³/mol. The highest BCUT2D eigenvalue weighted by atomic mass is 16.5. The van der Waals surface area contributed by atoms with Crippen molar-refractivity contribution in [3.05, 3.63) is 18.0 Å². The molecule has 2 N–H and O–H groups in total. The third-order valence-electron chi connectivity index (χ3n) is 6.41. The Labute approximate surface area is 144 Å². The molecule has 4 atom stereocenters. The van der Waals surface area contributed by atoms with Gasteiger partial charge in [0, 0.05) is 50.8 Å². The molecule has 1 aliphatic heterocycles. The standard InChI is InChI=1S/C18H30N4O2/c1-5-18(6-2)15(7-16(18)24-4)21-17(23)14-10-19-9-13(14)12-8-20-22(3)11-12/h8,11,13-16,19H,5-7,9-10H2,1-4H3,(H,21,23)/t13-,14+,15?,16?/m1/s1. The topological polar surface area (TPSA) is 68.2 Å². The zero-order chi connectivity index (χ0) is 17.3. The summed E-state index contributed by atoms with van der Waals surface area (Å²) in [6.07, 6.45) is 7.13. The molecule has 2 heterocycles. The van der Waals surface area contributed by atoms with Gasteiger partial charge in [0.1, 0.15) is 0 Å². The second kappa shape index (κ2) is 6.84. The van der Waals surface area contributed by atoms with Crippen LogP contribution in [0.2, 0.25) is 0 Å². The lowest BCUT2D eigenvalue weighted by atomic mass is 9.58. The summed E-state index contributed by atoms with van der Waals surface area (Å²) in [5, 5.41) is 11.0. The van der Waals surface area contributed by atoms with E-state index in [9.17, 15) is 4.79 Å². The Morgan fingerprint density at radius 2 is 2.21 bits per heavy atom. The van der Waals surface area contributed by atoms with Gasteiger partial charge in [-0.1, -0.05) is 13.8 Å². The number of nitrogens with one attached hydrogen (secondary N) is 2. The minimum atomic E-state index is -0.0257. The highest BCUT2D eigenvalue weighted by molar-refractivity contribution is 5.81. The fourth-order valence-corrected chi connectivity index (χ4v) is 4.69. The molecule has 134 valence electrons. The van der Waals surface area contributed by atoms with Crippen LogP contribution in [0.5, 0.6) is 0 Å². The van der Waals surface area contributed by atoms with Crippen molar-refractivity contribution in [1.82, 2.24) is 20.4 Å². The fraction of sp³-hybridized carbons (Fsp3) is 0.778. The Morgan fingerprint density at radius 1 is 1.46 bits per heavy atom. The molecule has 2 unspecified atom stereocenters. The van der Waals surface area contributed by atoms with Crippen molar-refractivity contribution >= 4 is 5.91 Å². The van der Waals surface area contributed by atoms with Gasteiger partial charge in [0.05, 0.1) is 18.2 Å². The van der Waals surface area contributed by atoms with Gasteiger partial charge in [-0.2, -0.15) is 5.10 Å². The van der Waals surface area contributed by atoms with Crippen LogP contribution < -0.4 is 10.6 Å². The normalized spacial score (nSPS) is 31.7. The molecule has 0 bridgehead atoms. The van der Waals surface area contributed by atoms with Gasteiger partial charge in [-0.3, -0.25) is 9.48 Å². The molecular weight excluding hydrogens is 304 g/mol. The Morgan fingerprint density at radius 3 is 2.79 bits per heavy atom. The first-order valence-corrected chi connectivity index (χ1v) is 9.08.